The quantitative estimate of drug-likeness (QED) is 0.515. The number of carbonyl (C=O) groups is 1. The Kier molecular flexibility index (Phi) is 7.51. The fraction of sp³-hybridized carbons (Fsp3) is 0.522. The zero-order chi connectivity index (χ0) is 22.3. The molecule has 0 spiro atoms. The Labute approximate surface area is 188 Å². The molecule has 1 saturated heterocycles. The number of aromatic nitrogens is 2. The molecule has 2 amide bonds. The summed E-state index contributed by atoms with van der Waals surface area (Å²) in [6.07, 6.45) is 2.12. The molecule has 9 heteroatoms. The van der Waals surface area contributed by atoms with Gasteiger partial charge in [0.2, 0.25) is 0 Å². The highest BCUT2D eigenvalue weighted by Gasteiger charge is 2.23. The van der Waals surface area contributed by atoms with E-state index < -0.39 is 0 Å². The van der Waals surface area contributed by atoms with E-state index in [0.717, 1.165) is 48.7 Å². The fourth-order valence-corrected chi connectivity index (χ4v) is 3.59. The number of ether oxygens (including phenoxy) is 2. The van der Waals surface area contributed by atoms with Crippen LogP contribution in [-0.2, 0) is 16.0 Å². The number of rotatable bonds is 9. The minimum absolute atomic E-state index is 0.163. The van der Waals surface area contributed by atoms with Gasteiger partial charge in [-0.05, 0) is 44.0 Å². The van der Waals surface area contributed by atoms with Gasteiger partial charge in [-0.3, -0.25) is 0 Å². The van der Waals surface area contributed by atoms with Crippen molar-refractivity contribution in [3.05, 3.63) is 36.0 Å². The van der Waals surface area contributed by atoms with E-state index in [1.54, 1.807) is 7.11 Å². The van der Waals surface area contributed by atoms with E-state index in [-0.39, 0.29) is 12.1 Å². The highest BCUT2D eigenvalue weighted by Crippen LogP contribution is 2.24. The van der Waals surface area contributed by atoms with Crippen LogP contribution < -0.4 is 20.9 Å². The summed E-state index contributed by atoms with van der Waals surface area (Å²) in [7, 11) is 1.69. The maximum absolute atomic E-state index is 12.0. The second-order valence-corrected chi connectivity index (χ2v) is 8.28. The van der Waals surface area contributed by atoms with E-state index in [1.165, 1.54) is 0 Å². The average molecular weight is 441 g/mol. The summed E-state index contributed by atoms with van der Waals surface area (Å²) in [6, 6.07) is 10.1. The lowest BCUT2D eigenvalue weighted by Crippen LogP contribution is -2.44. The Morgan fingerprint density at radius 3 is 2.78 bits per heavy atom. The summed E-state index contributed by atoms with van der Waals surface area (Å²) in [5, 5.41) is 9.16. The van der Waals surface area contributed by atoms with Gasteiger partial charge in [0, 0.05) is 50.1 Å². The van der Waals surface area contributed by atoms with Crippen molar-refractivity contribution in [3.8, 4) is 11.4 Å². The molecule has 2 aliphatic rings. The van der Waals surface area contributed by atoms with Gasteiger partial charge in [0.15, 0.2) is 5.82 Å². The number of hydrogen-bond donors (Lipinski definition) is 3. The zero-order valence-electron chi connectivity index (χ0n) is 18.8. The summed E-state index contributed by atoms with van der Waals surface area (Å²) < 4.78 is 10.7. The maximum atomic E-state index is 12.0. The number of urea groups is 1. The molecule has 2 aromatic rings. The van der Waals surface area contributed by atoms with Gasteiger partial charge in [-0.25, -0.2) is 14.8 Å². The minimum atomic E-state index is -0.163. The van der Waals surface area contributed by atoms with Gasteiger partial charge in [0.1, 0.15) is 5.82 Å². The molecule has 32 heavy (non-hydrogen) atoms. The van der Waals surface area contributed by atoms with Crippen LogP contribution in [0.1, 0.15) is 25.5 Å². The molecule has 0 radical (unpaired) electrons. The van der Waals surface area contributed by atoms with E-state index in [4.69, 9.17) is 19.4 Å². The predicted octanol–water partition coefficient (Wildman–Crippen LogP) is 2.39. The van der Waals surface area contributed by atoms with Crippen LogP contribution in [-0.4, -0.2) is 68.1 Å². The van der Waals surface area contributed by atoms with E-state index in [9.17, 15) is 4.79 Å². The number of nitrogens with one attached hydrogen (secondary N) is 3. The van der Waals surface area contributed by atoms with Gasteiger partial charge in [0.05, 0.1) is 31.6 Å². The SMILES string of the molecule is COCCNCc1cc(N2CCOC[C@@H]2C)nc(-c2ccc(NC(=O)NC3CC3)cc2)n1. The van der Waals surface area contributed by atoms with Gasteiger partial charge < -0.3 is 30.3 Å². The first-order valence-electron chi connectivity index (χ1n) is 11.2. The molecule has 3 N–H and O–H groups in total. The zero-order valence-corrected chi connectivity index (χ0v) is 18.8. The Bertz CT molecular complexity index is 903. The van der Waals surface area contributed by atoms with Gasteiger partial charge in [-0.15, -0.1) is 0 Å². The molecular formula is C23H32N6O3. The Balaban J connectivity index is 1.52. The molecule has 172 valence electrons. The minimum Gasteiger partial charge on any atom is -0.383 e. The number of amides is 2. The molecule has 2 heterocycles. The molecule has 1 aliphatic heterocycles. The van der Waals surface area contributed by atoms with E-state index in [0.29, 0.717) is 38.2 Å². The lowest BCUT2D eigenvalue weighted by Gasteiger charge is -2.34. The first-order chi connectivity index (χ1) is 15.6. The first kappa shape index (κ1) is 22.4. The van der Waals surface area contributed by atoms with Gasteiger partial charge in [-0.1, -0.05) is 0 Å². The fourth-order valence-electron chi connectivity index (χ4n) is 3.59. The van der Waals surface area contributed by atoms with Crippen molar-refractivity contribution in [2.24, 2.45) is 0 Å². The smallest absolute Gasteiger partial charge is 0.319 e. The number of hydrogen-bond acceptors (Lipinski definition) is 7. The molecule has 1 atom stereocenters. The van der Waals surface area contributed by atoms with Gasteiger partial charge >= 0.3 is 6.03 Å². The van der Waals surface area contributed by atoms with Crippen molar-refractivity contribution in [1.82, 2.24) is 20.6 Å². The largest absolute Gasteiger partial charge is 0.383 e. The molecule has 1 aliphatic carbocycles. The second kappa shape index (κ2) is 10.7. The topological polar surface area (TPSA) is 101 Å². The first-order valence-corrected chi connectivity index (χ1v) is 11.2. The van der Waals surface area contributed by atoms with Crippen molar-refractivity contribution in [1.29, 1.82) is 0 Å². The van der Waals surface area contributed by atoms with Crippen LogP contribution in [0.5, 0.6) is 0 Å². The number of morpholine rings is 1. The molecule has 4 rings (SSSR count). The van der Waals surface area contributed by atoms with Crippen molar-refractivity contribution in [3.63, 3.8) is 0 Å². The van der Waals surface area contributed by atoms with Crippen molar-refractivity contribution in [2.45, 2.75) is 38.4 Å². The standard InChI is InChI=1S/C23H32N6O3/c1-16-15-32-12-10-29(16)21-13-20(14-24-9-11-31-2)25-22(28-21)17-3-5-18(6-4-17)26-23(30)27-19-7-8-19/h3-6,13,16,19,24H,7-12,14-15H2,1-2H3,(H2,26,27,30)/t16-/m0/s1. The average Bonchev–Trinajstić information content (AvgIpc) is 3.61. The molecule has 9 nitrogen and oxygen atoms in total. The normalized spacial score (nSPS) is 18.4. The molecule has 1 aromatic heterocycles. The van der Waals surface area contributed by atoms with Crippen LogP contribution in [0.2, 0.25) is 0 Å². The lowest BCUT2D eigenvalue weighted by molar-refractivity contribution is 0.0985. The maximum Gasteiger partial charge on any atom is 0.319 e. The molecule has 1 saturated carbocycles. The Morgan fingerprint density at radius 1 is 1.25 bits per heavy atom. The van der Waals surface area contributed by atoms with Gasteiger partial charge in [-0.2, -0.15) is 0 Å². The number of carbonyl (C=O) groups excluding carboxylic acids is 1. The van der Waals surface area contributed by atoms with Crippen molar-refractivity contribution >= 4 is 17.5 Å². The number of nitrogens with zero attached hydrogens (tertiary/aromatic N) is 3. The number of benzene rings is 1. The highest BCUT2D eigenvalue weighted by atomic mass is 16.5. The van der Waals surface area contributed by atoms with Crippen LogP contribution in [0.4, 0.5) is 16.3 Å². The van der Waals surface area contributed by atoms with Crippen LogP contribution in [0.3, 0.4) is 0 Å². The summed E-state index contributed by atoms with van der Waals surface area (Å²) in [5.74, 6) is 1.57. The third kappa shape index (κ3) is 6.15. The monoisotopic (exact) mass is 440 g/mol. The van der Waals surface area contributed by atoms with E-state index in [2.05, 4.69) is 27.8 Å². The summed E-state index contributed by atoms with van der Waals surface area (Å²) in [5.41, 5.74) is 2.57. The molecule has 1 aromatic carbocycles. The molecule has 2 fully saturated rings. The third-order valence-electron chi connectivity index (χ3n) is 5.53. The lowest BCUT2D eigenvalue weighted by atomic mass is 10.1. The second-order valence-electron chi connectivity index (χ2n) is 8.28. The molecule has 0 unspecified atom stereocenters. The van der Waals surface area contributed by atoms with Gasteiger partial charge in [0.25, 0.3) is 0 Å². The third-order valence-corrected chi connectivity index (χ3v) is 5.53. The van der Waals surface area contributed by atoms with Crippen molar-refractivity contribution in [2.75, 3.05) is 50.2 Å². The van der Waals surface area contributed by atoms with Crippen LogP contribution >= 0.6 is 0 Å². The van der Waals surface area contributed by atoms with Crippen LogP contribution in [0, 0.1) is 0 Å². The summed E-state index contributed by atoms with van der Waals surface area (Å²) >= 11 is 0. The summed E-state index contributed by atoms with van der Waals surface area (Å²) in [4.78, 5) is 23.9. The van der Waals surface area contributed by atoms with Crippen LogP contribution in [0.15, 0.2) is 30.3 Å². The van der Waals surface area contributed by atoms with E-state index in [1.807, 2.05) is 30.3 Å². The Hall–Kier alpha value is -2.75. The number of methoxy groups -OCH3 is 1. The molecule has 0 bridgehead atoms. The summed E-state index contributed by atoms with van der Waals surface area (Å²) in [6.45, 7) is 6.35. The Morgan fingerprint density at radius 2 is 2.06 bits per heavy atom. The molecular weight excluding hydrogens is 408 g/mol. The number of anilines is 2. The van der Waals surface area contributed by atoms with Crippen molar-refractivity contribution < 1.29 is 14.3 Å². The van der Waals surface area contributed by atoms with E-state index >= 15 is 0 Å². The highest BCUT2D eigenvalue weighted by molar-refractivity contribution is 5.89. The van der Waals surface area contributed by atoms with Crippen LogP contribution in [0.25, 0.3) is 11.4 Å². The predicted molar refractivity (Wildman–Crippen MR) is 124 cm³/mol.